The van der Waals surface area contributed by atoms with Crippen molar-refractivity contribution in [1.29, 1.82) is 0 Å². The van der Waals surface area contributed by atoms with Crippen molar-refractivity contribution >= 4 is 141 Å². The Morgan fingerprint density at radius 1 is 0.241 bits per heavy atom. The third kappa shape index (κ3) is 12.2. The molecule has 2 heterocycles. The second kappa shape index (κ2) is 20.9. The summed E-state index contributed by atoms with van der Waals surface area (Å²) in [6, 6.07) is 55.2. The van der Waals surface area contributed by atoms with E-state index >= 15 is 0 Å². The molecule has 0 fully saturated rings. The number of para-hydroxylation sites is 4. The van der Waals surface area contributed by atoms with Crippen molar-refractivity contribution in [2.45, 2.75) is 0 Å². The summed E-state index contributed by atoms with van der Waals surface area (Å²) in [4.78, 5) is 27.6. The Labute approximate surface area is 380 Å². The molecule has 6 aromatic carbocycles. The van der Waals surface area contributed by atoms with Gasteiger partial charge in [-0.05, 0) is 83.9 Å². The van der Waals surface area contributed by atoms with E-state index in [1.807, 2.05) is 170 Å². The predicted octanol–water partition coefficient (Wildman–Crippen LogP) is 9.93. The van der Waals surface area contributed by atoms with E-state index in [9.17, 15) is 0 Å². The van der Waals surface area contributed by atoms with Crippen LogP contribution >= 0.6 is 0 Å². The average Bonchev–Trinajstić information content (AvgIpc) is 3.22. The van der Waals surface area contributed by atoms with Gasteiger partial charge in [0.15, 0.2) is 0 Å². The van der Waals surface area contributed by atoms with E-state index < -0.39 is 0 Å². The molecule has 2 aromatic heterocycles. The van der Waals surface area contributed by atoms with Crippen LogP contribution in [0.1, 0.15) is 11.1 Å². The first-order valence-electron chi connectivity index (χ1n) is 17.9. The van der Waals surface area contributed by atoms with Crippen molar-refractivity contribution in [1.82, 2.24) is 29.9 Å². The van der Waals surface area contributed by atoms with Crippen LogP contribution in [0.2, 0.25) is 0 Å². The molecule has 0 spiro atoms. The molecule has 8 rings (SSSR count). The minimum Gasteiger partial charge on any atom is -0.324 e. The van der Waals surface area contributed by atoms with Crippen LogP contribution in [0.3, 0.4) is 0 Å². The van der Waals surface area contributed by atoms with Crippen molar-refractivity contribution in [2.24, 2.45) is 0 Å². The van der Waals surface area contributed by atoms with Crippen LogP contribution in [-0.4, -0.2) is 89.0 Å². The van der Waals surface area contributed by atoms with Gasteiger partial charge in [-0.15, -0.1) is 0 Å². The molecule has 0 bridgehead atoms. The van der Waals surface area contributed by atoms with Gasteiger partial charge in [-0.2, -0.15) is 29.9 Å². The van der Waals surface area contributed by atoms with Gasteiger partial charge < -0.3 is 31.9 Å². The van der Waals surface area contributed by atoms with Gasteiger partial charge in [-0.25, -0.2) is 0 Å². The molecule has 6 N–H and O–H groups in total. The summed E-state index contributed by atoms with van der Waals surface area (Å²) in [5.41, 5.74) is 7.23. The quantitative estimate of drug-likeness (QED) is 0.0461. The van der Waals surface area contributed by atoms with Gasteiger partial charge in [0.25, 0.3) is 0 Å². The molecule has 0 aliphatic carbocycles. The van der Waals surface area contributed by atoms with Crippen molar-refractivity contribution in [3.8, 4) is 0 Å². The maximum atomic E-state index is 4.62. The van der Waals surface area contributed by atoms with Gasteiger partial charge in [0.2, 0.25) is 35.7 Å². The molecule has 8 aromatic rings. The number of benzene rings is 6. The van der Waals surface area contributed by atoms with E-state index in [1.165, 1.54) is 0 Å². The Kier molecular flexibility index (Phi) is 14.9. The first kappa shape index (κ1) is 41.5. The third-order valence-electron chi connectivity index (χ3n) is 8.19. The first-order chi connectivity index (χ1) is 27.6. The SMILES string of the molecule is C(=Cc1ccc(Nc2nc(Nc3ccccc3)nc(Nc3ccccc3)n2)cc1)c1ccc(Nc2nc(Nc3ccccc3)nc(Nc3ccccc3)n2)cc1.[Na].[Na]. The maximum Gasteiger partial charge on any atom is 0.233 e. The Bertz CT molecular complexity index is 2220. The first-order valence-corrected chi connectivity index (χ1v) is 17.9. The van der Waals surface area contributed by atoms with E-state index in [0.29, 0.717) is 35.7 Å². The van der Waals surface area contributed by atoms with Crippen LogP contribution in [0.5, 0.6) is 0 Å². The summed E-state index contributed by atoms with van der Waals surface area (Å²) in [6.45, 7) is 0. The summed E-state index contributed by atoms with van der Waals surface area (Å²) in [6.07, 6.45) is 4.13. The predicted molar refractivity (Wildman–Crippen MR) is 238 cm³/mol. The Morgan fingerprint density at radius 2 is 0.431 bits per heavy atom. The molecule has 58 heavy (non-hydrogen) atoms. The van der Waals surface area contributed by atoms with Crippen LogP contribution in [0, 0.1) is 0 Å². The molecule has 274 valence electrons. The number of anilines is 12. The van der Waals surface area contributed by atoms with Crippen LogP contribution in [0.4, 0.5) is 69.8 Å². The fourth-order valence-electron chi connectivity index (χ4n) is 5.50. The summed E-state index contributed by atoms with van der Waals surface area (Å²) >= 11 is 0. The zero-order valence-corrected chi connectivity index (χ0v) is 36.0. The zero-order valence-electron chi connectivity index (χ0n) is 32.0. The maximum absolute atomic E-state index is 4.62. The molecule has 0 amide bonds. The number of hydrogen-bond donors (Lipinski definition) is 6. The topological polar surface area (TPSA) is 150 Å². The van der Waals surface area contributed by atoms with Gasteiger partial charge in [0.05, 0.1) is 0 Å². The monoisotopic (exact) mass is 778 g/mol. The van der Waals surface area contributed by atoms with E-state index in [1.54, 1.807) is 0 Å². The standard InChI is InChI=1S/C44H36N12.2Na/c1-5-13-33(14-6-1)45-39-51-40(46-34-15-7-2-8-16-34)54-43(53-39)49-37-27-23-31(24-28-37)21-22-32-25-29-38(30-26-32)50-44-55-41(47-35-17-9-3-10-18-35)52-42(56-44)48-36-19-11-4-12-20-36;;/h1-30H,(H3,45,46,49,51,53,54)(H3,47,48,50,52,55,56);;. The Hall–Kier alpha value is -6.12. The summed E-state index contributed by atoms with van der Waals surface area (Å²) < 4.78 is 0. The fourth-order valence-corrected chi connectivity index (χ4v) is 5.50. The van der Waals surface area contributed by atoms with Gasteiger partial charge in [0, 0.05) is 93.2 Å². The fraction of sp³-hybridized carbons (Fsp3) is 0. The molecule has 0 saturated heterocycles. The van der Waals surface area contributed by atoms with Gasteiger partial charge in [0.1, 0.15) is 0 Å². The molecule has 0 unspecified atom stereocenters. The molecular formula is C44H36N12Na2. The van der Waals surface area contributed by atoms with Crippen LogP contribution in [0.25, 0.3) is 12.2 Å². The van der Waals surface area contributed by atoms with Crippen molar-refractivity contribution in [3.63, 3.8) is 0 Å². The van der Waals surface area contributed by atoms with Crippen LogP contribution in [-0.2, 0) is 0 Å². The van der Waals surface area contributed by atoms with Gasteiger partial charge in [-0.1, -0.05) is 109 Å². The van der Waals surface area contributed by atoms with E-state index in [4.69, 9.17) is 0 Å². The zero-order chi connectivity index (χ0) is 37.8. The van der Waals surface area contributed by atoms with Crippen molar-refractivity contribution < 1.29 is 0 Å². The largest absolute Gasteiger partial charge is 0.324 e. The second-order valence-electron chi connectivity index (χ2n) is 12.4. The number of aromatic nitrogens is 6. The molecule has 2 radical (unpaired) electrons. The average molecular weight is 779 g/mol. The van der Waals surface area contributed by atoms with Crippen molar-refractivity contribution in [3.05, 3.63) is 181 Å². The number of nitrogens with one attached hydrogen (secondary N) is 6. The smallest absolute Gasteiger partial charge is 0.233 e. The number of rotatable bonds is 14. The molecule has 0 saturated carbocycles. The Balaban J connectivity index is 0.00000283. The molecule has 0 aliphatic rings. The normalized spacial score (nSPS) is 10.4. The van der Waals surface area contributed by atoms with Crippen LogP contribution in [0.15, 0.2) is 170 Å². The van der Waals surface area contributed by atoms with E-state index in [2.05, 4.69) is 74.0 Å². The van der Waals surface area contributed by atoms with Crippen molar-refractivity contribution in [2.75, 3.05) is 31.9 Å². The third-order valence-corrected chi connectivity index (χ3v) is 8.19. The molecule has 0 atom stereocenters. The molecule has 0 aliphatic heterocycles. The second-order valence-corrected chi connectivity index (χ2v) is 12.4. The van der Waals surface area contributed by atoms with Crippen LogP contribution < -0.4 is 31.9 Å². The minimum absolute atomic E-state index is 0. The van der Waals surface area contributed by atoms with Gasteiger partial charge >= 0.3 is 0 Å². The minimum atomic E-state index is 0. The Morgan fingerprint density at radius 3 is 0.638 bits per heavy atom. The number of nitrogens with zero attached hydrogens (tertiary/aromatic N) is 6. The van der Waals surface area contributed by atoms with Gasteiger partial charge in [-0.3, -0.25) is 0 Å². The molecular weight excluding hydrogens is 743 g/mol. The summed E-state index contributed by atoms with van der Waals surface area (Å²) in [7, 11) is 0. The van der Waals surface area contributed by atoms with E-state index in [0.717, 1.165) is 45.3 Å². The number of hydrogen-bond acceptors (Lipinski definition) is 12. The summed E-state index contributed by atoms with van der Waals surface area (Å²) in [5, 5.41) is 19.7. The van der Waals surface area contributed by atoms with E-state index in [-0.39, 0.29) is 59.1 Å². The molecule has 14 heteroatoms. The summed E-state index contributed by atoms with van der Waals surface area (Å²) in [5.74, 6) is 2.45. The molecule has 12 nitrogen and oxygen atoms in total.